The van der Waals surface area contributed by atoms with Crippen molar-refractivity contribution in [3.63, 3.8) is 0 Å². The van der Waals surface area contributed by atoms with Gasteiger partial charge in [0.1, 0.15) is 5.75 Å². The highest BCUT2D eigenvalue weighted by molar-refractivity contribution is 7.20. The molecule has 29 heavy (non-hydrogen) atoms. The lowest BCUT2D eigenvalue weighted by atomic mass is 9.97. The van der Waals surface area contributed by atoms with E-state index < -0.39 is 0 Å². The second-order valence-electron chi connectivity index (χ2n) is 7.91. The second-order valence-corrected chi connectivity index (χ2v) is 8.90. The second kappa shape index (κ2) is 7.72. The molecule has 1 aromatic carbocycles. The van der Waals surface area contributed by atoms with Gasteiger partial charge in [0.25, 0.3) is 5.19 Å². The fraction of sp³-hybridized carbons (Fsp3) is 0.409. The summed E-state index contributed by atoms with van der Waals surface area (Å²) in [6.07, 6.45) is 6.15. The van der Waals surface area contributed by atoms with Crippen LogP contribution >= 0.6 is 11.3 Å². The zero-order valence-corrected chi connectivity index (χ0v) is 17.2. The number of hydrogen-bond donors (Lipinski definition) is 1. The molecule has 2 unspecified atom stereocenters. The average Bonchev–Trinajstić information content (AvgIpc) is 3.25. The minimum Gasteiger partial charge on any atom is -0.431 e. The Kier molecular flexibility index (Phi) is 4.93. The maximum absolute atomic E-state index is 11.8. The summed E-state index contributed by atoms with van der Waals surface area (Å²) >= 11 is 1.50. The monoisotopic (exact) mass is 408 g/mol. The Morgan fingerprint density at radius 3 is 2.66 bits per heavy atom. The van der Waals surface area contributed by atoms with Crippen LogP contribution in [0.25, 0.3) is 10.3 Å². The maximum Gasteiger partial charge on any atom is 0.281 e. The standard InChI is InChI=1S/C22H24N4O2S/c1-14(27)26-17-6-7-18(26)12-16(11-17)24-13-15-4-8-19(9-5-15)28-22-25-21-20(29-22)3-2-10-23-21/h2-5,8-10,16-18,24H,6-7,11-13H2,1H3. The molecule has 4 heterocycles. The number of carbonyl (C=O) groups is 1. The van der Waals surface area contributed by atoms with Gasteiger partial charge in [0.2, 0.25) is 5.91 Å². The van der Waals surface area contributed by atoms with Crippen LogP contribution in [-0.4, -0.2) is 38.9 Å². The normalized spacial score (nSPS) is 23.5. The maximum atomic E-state index is 11.8. The van der Waals surface area contributed by atoms with Crippen molar-refractivity contribution in [2.24, 2.45) is 0 Å². The fourth-order valence-corrected chi connectivity index (χ4v) is 5.48. The van der Waals surface area contributed by atoms with Gasteiger partial charge in [-0.1, -0.05) is 23.5 Å². The lowest BCUT2D eigenvalue weighted by Crippen LogP contribution is -2.50. The number of carbonyl (C=O) groups excluding carboxylic acids is 1. The van der Waals surface area contributed by atoms with Gasteiger partial charge in [-0.25, -0.2) is 4.98 Å². The summed E-state index contributed by atoms with van der Waals surface area (Å²) in [5.41, 5.74) is 1.95. The molecule has 7 heteroatoms. The Hall–Kier alpha value is -2.51. The number of rotatable bonds is 5. The molecule has 2 fully saturated rings. The van der Waals surface area contributed by atoms with E-state index >= 15 is 0 Å². The molecule has 0 radical (unpaired) electrons. The van der Waals surface area contributed by atoms with E-state index in [1.165, 1.54) is 16.9 Å². The zero-order chi connectivity index (χ0) is 19.8. The third-order valence-corrected chi connectivity index (χ3v) is 6.85. The van der Waals surface area contributed by atoms with E-state index in [-0.39, 0.29) is 5.91 Å². The number of ether oxygens (including phenoxy) is 1. The largest absolute Gasteiger partial charge is 0.431 e. The third kappa shape index (κ3) is 3.84. The molecule has 0 aliphatic carbocycles. The molecule has 0 spiro atoms. The molecule has 6 nitrogen and oxygen atoms in total. The SMILES string of the molecule is CC(=O)N1C2CCC1CC(NCc1ccc(Oc3nc4ncccc4s3)cc1)C2. The van der Waals surface area contributed by atoms with E-state index in [9.17, 15) is 4.79 Å². The summed E-state index contributed by atoms with van der Waals surface area (Å²) in [7, 11) is 0. The molecular weight excluding hydrogens is 384 g/mol. The lowest BCUT2D eigenvalue weighted by molar-refractivity contribution is -0.133. The van der Waals surface area contributed by atoms with Gasteiger partial charge in [0, 0.05) is 37.8 Å². The topological polar surface area (TPSA) is 67.4 Å². The predicted molar refractivity (Wildman–Crippen MR) is 113 cm³/mol. The number of piperidine rings is 1. The summed E-state index contributed by atoms with van der Waals surface area (Å²) in [4.78, 5) is 22.6. The molecule has 1 N–H and O–H groups in total. The van der Waals surface area contributed by atoms with E-state index in [2.05, 4.69) is 32.3 Å². The summed E-state index contributed by atoms with van der Waals surface area (Å²) < 4.78 is 6.91. The first-order valence-electron chi connectivity index (χ1n) is 10.2. The van der Waals surface area contributed by atoms with Crippen molar-refractivity contribution in [2.45, 2.75) is 57.3 Å². The smallest absolute Gasteiger partial charge is 0.281 e. The highest BCUT2D eigenvalue weighted by Gasteiger charge is 2.41. The van der Waals surface area contributed by atoms with Crippen molar-refractivity contribution in [1.82, 2.24) is 20.2 Å². The van der Waals surface area contributed by atoms with Crippen LogP contribution in [0.4, 0.5) is 0 Å². The molecule has 2 atom stereocenters. The van der Waals surface area contributed by atoms with E-state index in [0.29, 0.717) is 23.3 Å². The summed E-state index contributed by atoms with van der Waals surface area (Å²) in [6.45, 7) is 2.53. The molecular formula is C22H24N4O2S. The Labute approximate surface area is 173 Å². The van der Waals surface area contributed by atoms with Crippen molar-refractivity contribution in [3.05, 3.63) is 48.2 Å². The molecule has 5 rings (SSSR count). The molecule has 3 aromatic rings. The number of pyridine rings is 1. The van der Waals surface area contributed by atoms with Crippen LogP contribution in [0.5, 0.6) is 10.9 Å². The van der Waals surface area contributed by atoms with E-state index in [4.69, 9.17) is 4.74 Å². The highest BCUT2D eigenvalue weighted by atomic mass is 32.1. The van der Waals surface area contributed by atoms with Crippen LogP contribution in [0.1, 0.15) is 38.2 Å². The molecule has 2 aliphatic rings. The van der Waals surface area contributed by atoms with Gasteiger partial charge in [0.15, 0.2) is 5.65 Å². The summed E-state index contributed by atoms with van der Waals surface area (Å²) in [5.74, 6) is 1.01. The van der Waals surface area contributed by atoms with Crippen LogP contribution in [0, 0.1) is 0 Å². The fourth-order valence-electron chi connectivity index (χ4n) is 4.69. The third-order valence-electron chi connectivity index (χ3n) is 5.97. The minimum absolute atomic E-state index is 0.232. The van der Waals surface area contributed by atoms with Gasteiger partial charge in [-0.2, -0.15) is 4.98 Å². The first-order chi connectivity index (χ1) is 14.2. The van der Waals surface area contributed by atoms with Crippen molar-refractivity contribution in [3.8, 4) is 10.9 Å². The number of fused-ring (bicyclic) bond motifs is 3. The number of amides is 1. The van der Waals surface area contributed by atoms with Gasteiger partial charge in [-0.05, 0) is 55.5 Å². The number of aromatic nitrogens is 2. The Morgan fingerprint density at radius 1 is 1.21 bits per heavy atom. The molecule has 2 bridgehead atoms. The zero-order valence-electron chi connectivity index (χ0n) is 16.4. The van der Waals surface area contributed by atoms with Crippen LogP contribution in [0.3, 0.4) is 0 Å². The lowest BCUT2D eigenvalue weighted by Gasteiger charge is -2.38. The first kappa shape index (κ1) is 18.5. The summed E-state index contributed by atoms with van der Waals surface area (Å²) in [6, 6.07) is 13.4. The summed E-state index contributed by atoms with van der Waals surface area (Å²) in [5, 5.41) is 4.30. The molecule has 150 valence electrons. The van der Waals surface area contributed by atoms with Gasteiger partial charge in [-0.3, -0.25) is 4.79 Å². The predicted octanol–water partition coefficient (Wildman–Crippen LogP) is 4.12. The van der Waals surface area contributed by atoms with Gasteiger partial charge < -0.3 is 15.0 Å². The quantitative estimate of drug-likeness (QED) is 0.688. The van der Waals surface area contributed by atoms with Crippen molar-refractivity contribution < 1.29 is 9.53 Å². The molecule has 2 aliphatic heterocycles. The Morgan fingerprint density at radius 2 is 1.97 bits per heavy atom. The van der Waals surface area contributed by atoms with Crippen LogP contribution in [-0.2, 0) is 11.3 Å². The van der Waals surface area contributed by atoms with E-state index in [0.717, 1.165) is 48.3 Å². The van der Waals surface area contributed by atoms with Gasteiger partial charge >= 0.3 is 0 Å². The van der Waals surface area contributed by atoms with Crippen molar-refractivity contribution in [1.29, 1.82) is 0 Å². The van der Waals surface area contributed by atoms with Crippen LogP contribution in [0.2, 0.25) is 0 Å². The van der Waals surface area contributed by atoms with Gasteiger partial charge in [-0.15, -0.1) is 0 Å². The van der Waals surface area contributed by atoms with E-state index in [1.54, 1.807) is 13.1 Å². The van der Waals surface area contributed by atoms with Crippen molar-refractivity contribution >= 4 is 27.6 Å². The molecule has 2 saturated heterocycles. The minimum atomic E-state index is 0.232. The number of nitrogens with zero attached hydrogens (tertiary/aromatic N) is 3. The first-order valence-corrected chi connectivity index (χ1v) is 11.0. The number of benzene rings is 1. The molecule has 2 aromatic heterocycles. The van der Waals surface area contributed by atoms with E-state index in [1.807, 2.05) is 24.3 Å². The molecule has 1 amide bonds. The van der Waals surface area contributed by atoms with Crippen LogP contribution in [0.15, 0.2) is 42.6 Å². The average molecular weight is 409 g/mol. The highest BCUT2D eigenvalue weighted by Crippen LogP contribution is 2.36. The van der Waals surface area contributed by atoms with Crippen LogP contribution < -0.4 is 10.1 Å². The molecule has 0 saturated carbocycles. The van der Waals surface area contributed by atoms with Gasteiger partial charge in [0.05, 0.1) is 4.70 Å². The van der Waals surface area contributed by atoms with Crippen molar-refractivity contribution in [2.75, 3.05) is 0 Å². The number of hydrogen-bond acceptors (Lipinski definition) is 6. The number of nitrogens with one attached hydrogen (secondary N) is 1. The Balaban J connectivity index is 1.17. The Bertz CT molecular complexity index is 972. The number of thiazole rings is 1.